The summed E-state index contributed by atoms with van der Waals surface area (Å²) in [5, 5.41) is 13.4. The van der Waals surface area contributed by atoms with Crippen molar-refractivity contribution in [1.82, 2.24) is 9.78 Å². The Morgan fingerprint density at radius 2 is 2.33 bits per heavy atom. The van der Waals surface area contributed by atoms with Crippen molar-refractivity contribution in [3.8, 4) is 6.07 Å². The van der Waals surface area contributed by atoms with Crippen molar-refractivity contribution in [3.05, 3.63) is 18.0 Å². The Morgan fingerprint density at radius 3 is 2.87 bits per heavy atom. The molecule has 0 atom stereocenters. The lowest BCUT2D eigenvalue weighted by molar-refractivity contribution is 0.260. The van der Waals surface area contributed by atoms with Gasteiger partial charge in [-0.1, -0.05) is 6.42 Å². The second-order valence-electron chi connectivity index (χ2n) is 4.93. The second kappa shape index (κ2) is 3.69. The van der Waals surface area contributed by atoms with Gasteiger partial charge in [-0.25, -0.2) is 0 Å². The Kier molecular flexibility index (Phi) is 2.52. The van der Waals surface area contributed by atoms with Crippen LogP contribution in [0.25, 0.3) is 0 Å². The van der Waals surface area contributed by atoms with E-state index in [0.29, 0.717) is 0 Å². The zero-order chi connectivity index (χ0) is 10.9. The summed E-state index contributed by atoms with van der Waals surface area (Å²) in [6.45, 7) is 4.87. The van der Waals surface area contributed by atoms with Crippen LogP contribution >= 0.6 is 0 Å². The van der Waals surface area contributed by atoms with Crippen LogP contribution < -0.4 is 0 Å². The first-order valence-electron chi connectivity index (χ1n) is 5.57. The minimum atomic E-state index is -0.430. The highest BCUT2D eigenvalue weighted by atomic mass is 15.3. The summed E-state index contributed by atoms with van der Waals surface area (Å²) in [6, 6.07) is 4.29. The molecule has 0 spiro atoms. The molecule has 15 heavy (non-hydrogen) atoms. The Labute approximate surface area is 90.7 Å². The fourth-order valence-corrected chi connectivity index (χ4v) is 1.99. The molecule has 1 saturated carbocycles. The Balaban J connectivity index is 2.18. The van der Waals surface area contributed by atoms with Crippen LogP contribution in [0, 0.1) is 17.2 Å². The summed E-state index contributed by atoms with van der Waals surface area (Å²) < 4.78 is 2.01. The van der Waals surface area contributed by atoms with Crippen molar-refractivity contribution >= 4 is 0 Å². The normalized spacial score (nSPS) is 17.1. The van der Waals surface area contributed by atoms with Crippen molar-refractivity contribution in [2.45, 2.75) is 45.1 Å². The molecular weight excluding hydrogens is 186 g/mol. The summed E-state index contributed by atoms with van der Waals surface area (Å²) >= 11 is 0. The van der Waals surface area contributed by atoms with Crippen LogP contribution in [0.4, 0.5) is 0 Å². The van der Waals surface area contributed by atoms with E-state index in [2.05, 4.69) is 11.2 Å². The van der Waals surface area contributed by atoms with Crippen molar-refractivity contribution in [2.24, 2.45) is 5.92 Å². The molecule has 3 heteroatoms. The van der Waals surface area contributed by atoms with Gasteiger partial charge in [-0.3, -0.25) is 4.68 Å². The maximum Gasteiger partial charge on any atom is 0.0934 e. The molecule has 80 valence electrons. The third-order valence-electron chi connectivity index (χ3n) is 3.29. The molecule has 0 aliphatic heterocycles. The van der Waals surface area contributed by atoms with Crippen molar-refractivity contribution in [2.75, 3.05) is 0 Å². The van der Waals surface area contributed by atoms with E-state index < -0.39 is 5.41 Å². The molecule has 0 bridgehead atoms. The van der Waals surface area contributed by atoms with Gasteiger partial charge in [-0.05, 0) is 38.7 Å². The van der Waals surface area contributed by atoms with Crippen LogP contribution in [0.1, 0.15) is 38.8 Å². The monoisotopic (exact) mass is 203 g/mol. The van der Waals surface area contributed by atoms with Crippen LogP contribution in [-0.4, -0.2) is 9.78 Å². The lowest BCUT2D eigenvalue weighted by atomic mass is 9.85. The first-order valence-corrected chi connectivity index (χ1v) is 5.57. The molecule has 3 nitrogen and oxygen atoms in total. The molecule has 1 aliphatic carbocycles. The van der Waals surface area contributed by atoms with Gasteiger partial charge in [0.25, 0.3) is 0 Å². The fourth-order valence-electron chi connectivity index (χ4n) is 1.99. The number of aromatic nitrogens is 2. The molecule has 1 fully saturated rings. The van der Waals surface area contributed by atoms with Gasteiger partial charge in [0.1, 0.15) is 0 Å². The predicted octanol–water partition coefficient (Wildman–Crippen LogP) is 2.48. The zero-order valence-corrected chi connectivity index (χ0v) is 9.40. The minimum Gasteiger partial charge on any atom is -0.268 e. The van der Waals surface area contributed by atoms with Crippen LogP contribution in [0.2, 0.25) is 0 Å². The summed E-state index contributed by atoms with van der Waals surface area (Å²) in [4.78, 5) is 0. The summed E-state index contributed by atoms with van der Waals surface area (Å²) in [6.07, 6.45) is 5.77. The van der Waals surface area contributed by atoms with E-state index in [1.165, 1.54) is 19.3 Å². The minimum absolute atomic E-state index is 0.430. The van der Waals surface area contributed by atoms with Gasteiger partial charge in [0.2, 0.25) is 0 Å². The number of hydrogen-bond acceptors (Lipinski definition) is 2. The van der Waals surface area contributed by atoms with Gasteiger partial charge in [-0.15, -0.1) is 0 Å². The Hall–Kier alpha value is -1.30. The van der Waals surface area contributed by atoms with Crippen molar-refractivity contribution in [1.29, 1.82) is 5.26 Å². The summed E-state index contributed by atoms with van der Waals surface area (Å²) in [5.74, 6) is 0.776. The van der Waals surface area contributed by atoms with Crippen LogP contribution in [0.5, 0.6) is 0 Å². The Morgan fingerprint density at radius 1 is 1.60 bits per heavy atom. The molecular formula is C12H17N3. The third-order valence-corrected chi connectivity index (χ3v) is 3.29. The maximum atomic E-state index is 9.10. The van der Waals surface area contributed by atoms with Crippen LogP contribution in [0.15, 0.2) is 12.3 Å². The molecule has 0 aromatic carbocycles. The molecule has 1 aromatic heterocycles. The van der Waals surface area contributed by atoms with Gasteiger partial charge in [0.15, 0.2) is 0 Å². The Bertz CT molecular complexity index is 380. The summed E-state index contributed by atoms with van der Waals surface area (Å²) in [7, 11) is 0. The van der Waals surface area contributed by atoms with Gasteiger partial charge in [-0.2, -0.15) is 10.4 Å². The quantitative estimate of drug-likeness (QED) is 0.757. The molecule has 2 rings (SSSR count). The van der Waals surface area contributed by atoms with E-state index in [1.807, 2.05) is 24.6 Å². The second-order valence-corrected chi connectivity index (χ2v) is 4.93. The number of nitrogens with zero attached hydrogens (tertiary/aromatic N) is 3. The number of rotatable bonds is 3. The van der Waals surface area contributed by atoms with Crippen molar-refractivity contribution < 1.29 is 0 Å². The predicted molar refractivity (Wildman–Crippen MR) is 58.2 cm³/mol. The molecule has 0 saturated heterocycles. The van der Waals surface area contributed by atoms with Gasteiger partial charge < -0.3 is 0 Å². The van der Waals surface area contributed by atoms with Crippen molar-refractivity contribution in [3.63, 3.8) is 0 Å². The standard InChI is InChI=1S/C12H17N3/c1-12(2,9-13)11-6-7-14-15(11)8-10-4-3-5-10/h6-7,10H,3-5,8H2,1-2H3. The fraction of sp³-hybridized carbons (Fsp3) is 0.667. The molecule has 0 unspecified atom stereocenters. The molecule has 0 N–H and O–H groups in total. The summed E-state index contributed by atoms with van der Waals surface area (Å²) in [5.41, 5.74) is 0.608. The zero-order valence-electron chi connectivity index (χ0n) is 9.40. The van der Waals surface area contributed by atoms with E-state index in [0.717, 1.165) is 18.2 Å². The van der Waals surface area contributed by atoms with E-state index in [1.54, 1.807) is 6.20 Å². The van der Waals surface area contributed by atoms with Gasteiger partial charge in [0.05, 0.1) is 17.2 Å². The molecule has 0 radical (unpaired) electrons. The number of nitriles is 1. The maximum absolute atomic E-state index is 9.10. The highest BCUT2D eigenvalue weighted by molar-refractivity contribution is 5.22. The average Bonchev–Trinajstić information content (AvgIpc) is 2.60. The first-order chi connectivity index (χ1) is 7.13. The molecule has 1 aromatic rings. The largest absolute Gasteiger partial charge is 0.268 e. The topological polar surface area (TPSA) is 41.6 Å². The van der Waals surface area contributed by atoms with E-state index in [9.17, 15) is 0 Å². The smallest absolute Gasteiger partial charge is 0.0934 e. The average molecular weight is 203 g/mol. The van der Waals surface area contributed by atoms with Gasteiger partial charge >= 0.3 is 0 Å². The van der Waals surface area contributed by atoms with E-state index in [-0.39, 0.29) is 0 Å². The van der Waals surface area contributed by atoms with Gasteiger partial charge in [0, 0.05) is 12.7 Å². The SMILES string of the molecule is CC(C)(C#N)c1ccnn1CC1CCC1. The highest BCUT2D eigenvalue weighted by Gasteiger charge is 2.26. The lowest BCUT2D eigenvalue weighted by Gasteiger charge is -2.27. The molecule has 1 aliphatic rings. The highest BCUT2D eigenvalue weighted by Crippen LogP contribution is 2.29. The van der Waals surface area contributed by atoms with Crippen LogP contribution in [-0.2, 0) is 12.0 Å². The van der Waals surface area contributed by atoms with E-state index in [4.69, 9.17) is 5.26 Å². The lowest BCUT2D eigenvalue weighted by Crippen LogP contribution is -2.25. The van der Waals surface area contributed by atoms with Crippen LogP contribution in [0.3, 0.4) is 0 Å². The third kappa shape index (κ3) is 1.90. The number of hydrogen-bond donors (Lipinski definition) is 0. The van der Waals surface area contributed by atoms with E-state index >= 15 is 0 Å². The first kappa shape index (κ1) is 10.2. The molecule has 0 amide bonds. The molecule has 1 heterocycles.